The van der Waals surface area contributed by atoms with Gasteiger partial charge in [-0.2, -0.15) is 0 Å². The van der Waals surface area contributed by atoms with Crippen LogP contribution in [0.1, 0.15) is 5.56 Å². The number of nitrogens with two attached hydrogens (primary N) is 1. The Bertz CT molecular complexity index is 1100. The molecule has 9 nitrogen and oxygen atoms in total. The zero-order chi connectivity index (χ0) is 22.0. The molecule has 2 aliphatic heterocycles. The first-order chi connectivity index (χ1) is 15.0. The summed E-state index contributed by atoms with van der Waals surface area (Å²) in [5, 5.41) is 16.1. The van der Waals surface area contributed by atoms with Gasteiger partial charge in [0.1, 0.15) is 5.57 Å². The highest BCUT2D eigenvalue weighted by Crippen LogP contribution is 2.29. The number of nitrogens with one attached hydrogen (secondary N) is 1. The van der Waals surface area contributed by atoms with Gasteiger partial charge < -0.3 is 22.6 Å². The monoisotopic (exact) mass is 473 g/mol. The fourth-order valence-corrected chi connectivity index (χ4v) is 3.96. The van der Waals surface area contributed by atoms with Crippen LogP contribution >= 0.6 is 12.2 Å². The number of non-ortho nitro benzene ring substituents is 1. The summed E-state index contributed by atoms with van der Waals surface area (Å²) in [7, 11) is 0. The number of anilines is 2. The Hall–Kier alpha value is -3.34. The number of nitro groups is 1. The molecule has 2 aliphatic rings. The average molecular weight is 474 g/mol. The van der Waals surface area contributed by atoms with Gasteiger partial charge in [0.05, 0.1) is 36.8 Å². The molecule has 3 N–H and O–H groups in total. The van der Waals surface area contributed by atoms with Gasteiger partial charge in [-0.25, -0.2) is 0 Å². The second kappa shape index (κ2) is 9.86. The molecular weight excluding hydrogens is 454 g/mol. The minimum atomic E-state index is -0.633. The molecule has 2 fully saturated rings. The SMILES string of the molecule is O=C1NC(=S)N(c2ccccc2)C(=O)/C1=C\c1cc([N+](=O)[O-])ccc1N1CC[NH2+]CC1.[Cl-]. The van der Waals surface area contributed by atoms with E-state index in [-0.39, 0.29) is 28.8 Å². The van der Waals surface area contributed by atoms with E-state index in [4.69, 9.17) is 12.2 Å². The maximum Gasteiger partial charge on any atom is 0.270 e. The Morgan fingerprint density at radius 3 is 2.44 bits per heavy atom. The number of carbonyl (C=O) groups is 2. The van der Waals surface area contributed by atoms with Gasteiger partial charge >= 0.3 is 0 Å². The summed E-state index contributed by atoms with van der Waals surface area (Å²) >= 11 is 5.21. The molecule has 2 aromatic rings. The highest BCUT2D eigenvalue weighted by Gasteiger charge is 2.35. The average Bonchev–Trinajstić information content (AvgIpc) is 2.77. The van der Waals surface area contributed by atoms with Gasteiger partial charge in [-0.1, -0.05) is 18.2 Å². The number of thiocarbonyl (C=S) groups is 1. The van der Waals surface area contributed by atoms with E-state index in [2.05, 4.69) is 15.5 Å². The summed E-state index contributed by atoms with van der Waals surface area (Å²) in [5.74, 6) is -1.21. The number of benzene rings is 2. The van der Waals surface area contributed by atoms with Crippen LogP contribution in [-0.2, 0) is 9.59 Å². The molecule has 2 amide bonds. The molecule has 0 aliphatic carbocycles. The van der Waals surface area contributed by atoms with E-state index in [1.54, 1.807) is 30.3 Å². The molecule has 0 saturated carbocycles. The fourth-order valence-electron chi connectivity index (χ4n) is 3.67. The lowest BCUT2D eigenvalue weighted by atomic mass is 10.0. The molecule has 11 heteroatoms. The van der Waals surface area contributed by atoms with Crippen molar-refractivity contribution in [3.63, 3.8) is 0 Å². The molecule has 0 radical (unpaired) electrons. The number of piperazine rings is 1. The highest BCUT2D eigenvalue weighted by molar-refractivity contribution is 7.80. The predicted octanol–water partition coefficient (Wildman–Crippen LogP) is -2.19. The molecule has 0 unspecified atom stereocenters. The number of nitrogens with zero attached hydrogens (tertiary/aromatic N) is 3. The third-order valence-corrected chi connectivity index (χ3v) is 5.47. The van der Waals surface area contributed by atoms with Gasteiger partial charge in [0.25, 0.3) is 17.5 Å². The quantitative estimate of drug-likeness (QED) is 0.172. The number of amides is 2. The Morgan fingerprint density at radius 1 is 1.09 bits per heavy atom. The van der Waals surface area contributed by atoms with E-state index in [1.807, 2.05) is 6.07 Å². The Labute approximate surface area is 195 Å². The topological polar surface area (TPSA) is 112 Å². The van der Waals surface area contributed by atoms with E-state index in [1.165, 1.54) is 23.1 Å². The number of carbonyl (C=O) groups excluding carboxylic acids is 2. The largest absolute Gasteiger partial charge is 1.00 e. The molecule has 166 valence electrons. The van der Waals surface area contributed by atoms with Gasteiger partial charge in [-0.05, 0) is 36.5 Å². The smallest absolute Gasteiger partial charge is 0.270 e. The van der Waals surface area contributed by atoms with Crippen LogP contribution in [0.15, 0.2) is 54.1 Å². The zero-order valence-corrected chi connectivity index (χ0v) is 18.4. The zero-order valence-electron chi connectivity index (χ0n) is 16.9. The van der Waals surface area contributed by atoms with Crippen LogP contribution in [-0.4, -0.2) is 48.0 Å². The van der Waals surface area contributed by atoms with E-state index < -0.39 is 16.7 Å². The fraction of sp³-hybridized carbons (Fsp3) is 0.190. The van der Waals surface area contributed by atoms with Crippen LogP contribution in [0.4, 0.5) is 17.1 Å². The van der Waals surface area contributed by atoms with E-state index >= 15 is 0 Å². The minimum Gasteiger partial charge on any atom is -1.00 e. The third-order valence-electron chi connectivity index (χ3n) is 5.18. The van der Waals surface area contributed by atoms with E-state index in [0.29, 0.717) is 11.3 Å². The van der Waals surface area contributed by atoms with Crippen molar-refractivity contribution >= 4 is 52.3 Å². The minimum absolute atomic E-state index is 0. The predicted molar refractivity (Wildman–Crippen MR) is 120 cm³/mol. The first kappa shape index (κ1) is 23.3. The second-order valence-corrected chi connectivity index (χ2v) is 7.53. The lowest BCUT2D eigenvalue weighted by molar-refractivity contribution is -0.655. The van der Waals surface area contributed by atoms with E-state index in [9.17, 15) is 19.7 Å². The summed E-state index contributed by atoms with van der Waals surface area (Å²) in [5.41, 5.74) is 1.46. The molecule has 0 bridgehead atoms. The summed E-state index contributed by atoms with van der Waals surface area (Å²) in [6.07, 6.45) is 1.41. The van der Waals surface area contributed by atoms with Crippen molar-refractivity contribution in [3.8, 4) is 0 Å². The normalized spacial score (nSPS) is 17.8. The van der Waals surface area contributed by atoms with Gasteiger partial charge in [0.15, 0.2) is 5.11 Å². The van der Waals surface area contributed by atoms with Crippen molar-refractivity contribution in [3.05, 3.63) is 69.8 Å². The number of hydrogen-bond donors (Lipinski definition) is 2. The number of nitro benzene ring substituents is 1. The molecule has 0 aromatic heterocycles. The number of para-hydroxylation sites is 1. The highest BCUT2D eigenvalue weighted by atomic mass is 35.5. The van der Waals surface area contributed by atoms with Gasteiger partial charge in [0, 0.05) is 23.4 Å². The molecule has 2 aromatic carbocycles. The lowest BCUT2D eigenvalue weighted by Crippen LogP contribution is -3.00. The summed E-state index contributed by atoms with van der Waals surface area (Å²) in [6.45, 7) is 3.30. The van der Waals surface area contributed by atoms with Crippen LogP contribution < -0.4 is 32.8 Å². The molecule has 0 spiro atoms. The molecule has 4 rings (SSSR count). The second-order valence-electron chi connectivity index (χ2n) is 7.15. The van der Waals surface area contributed by atoms with Crippen LogP contribution in [0.5, 0.6) is 0 Å². The van der Waals surface area contributed by atoms with Crippen molar-refractivity contribution in [1.29, 1.82) is 0 Å². The lowest BCUT2D eigenvalue weighted by Gasteiger charge is -2.30. The number of rotatable bonds is 4. The van der Waals surface area contributed by atoms with Gasteiger partial charge in [0.2, 0.25) is 0 Å². The Kier molecular flexibility index (Phi) is 7.18. The van der Waals surface area contributed by atoms with Crippen molar-refractivity contribution in [2.75, 3.05) is 36.0 Å². The Morgan fingerprint density at radius 2 is 1.78 bits per heavy atom. The molecule has 32 heavy (non-hydrogen) atoms. The molecular formula is C21H20ClN5O4S. The molecule has 2 saturated heterocycles. The van der Waals surface area contributed by atoms with Gasteiger partial charge in [-0.3, -0.25) is 29.9 Å². The van der Waals surface area contributed by atoms with Crippen molar-refractivity contribution < 1.29 is 32.2 Å². The van der Waals surface area contributed by atoms with Crippen molar-refractivity contribution in [2.24, 2.45) is 0 Å². The third kappa shape index (κ3) is 4.62. The van der Waals surface area contributed by atoms with Crippen molar-refractivity contribution in [2.45, 2.75) is 0 Å². The number of halogens is 1. The number of quaternary nitrogens is 1. The maximum absolute atomic E-state index is 13.2. The Balaban J connectivity index is 0.00000289. The van der Waals surface area contributed by atoms with E-state index in [0.717, 1.165) is 31.9 Å². The van der Waals surface area contributed by atoms with Crippen molar-refractivity contribution in [1.82, 2.24) is 5.32 Å². The maximum atomic E-state index is 13.2. The summed E-state index contributed by atoms with van der Waals surface area (Å²) in [4.78, 5) is 40.0. The van der Waals surface area contributed by atoms with Crippen LogP contribution in [0, 0.1) is 10.1 Å². The first-order valence-electron chi connectivity index (χ1n) is 9.77. The summed E-state index contributed by atoms with van der Waals surface area (Å²) in [6, 6.07) is 13.2. The van der Waals surface area contributed by atoms with Gasteiger partial charge in [-0.15, -0.1) is 0 Å². The summed E-state index contributed by atoms with van der Waals surface area (Å²) < 4.78 is 0. The molecule has 0 atom stereocenters. The number of hydrogen-bond acceptors (Lipinski definition) is 6. The first-order valence-corrected chi connectivity index (χ1v) is 10.2. The van der Waals surface area contributed by atoms with Crippen LogP contribution in [0.25, 0.3) is 6.08 Å². The van der Waals surface area contributed by atoms with Crippen LogP contribution in [0.3, 0.4) is 0 Å². The standard InChI is InChI=1S/C21H19N5O4S.ClH/c27-19-17(20(28)25(21(31)23-19)15-4-2-1-3-5-15)13-14-12-16(26(29)30)6-7-18(14)24-10-8-22-9-11-24;/h1-7,12-13,22H,8-11H2,(H,23,27,31);1H/b17-13-;. The van der Waals surface area contributed by atoms with Crippen LogP contribution in [0.2, 0.25) is 0 Å². The molecule has 2 heterocycles.